The van der Waals surface area contributed by atoms with Crippen molar-refractivity contribution in [2.24, 2.45) is 0 Å². The average Bonchev–Trinajstić information content (AvgIpc) is 2.47. The first-order valence-electron chi connectivity index (χ1n) is 5.39. The van der Waals surface area contributed by atoms with Gasteiger partial charge in [-0.15, -0.1) is 0 Å². The molecule has 1 aromatic heterocycles. The Kier molecular flexibility index (Phi) is 2.08. The number of carbonyl (C=O) groups is 1. The summed E-state index contributed by atoms with van der Waals surface area (Å²) in [4.78, 5) is 16.3. The summed E-state index contributed by atoms with van der Waals surface area (Å²) in [5, 5.41) is 6.05. The lowest BCUT2D eigenvalue weighted by Gasteiger charge is -2.09. The van der Waals surface area contributed by atoms with Crippen LogP contribution in [-0.4, -0.2) is 10.9 Å². The second-order valence-corrected chi connectivity index (χ2v) is 3.98. The van der Waals surface area contributed by atoms with Crippen molar-refractivity contribution in [2.75, 3.05) is 10.6 Å². The van der Waals surface area contributed by atoms with E-state index in [2.05, 4.69) is 15.6 Å². The van der Waals surface area contributed by atoms with E-state index >= 15 is 0 Å². The number of rotatable bonds is 0. The third-order valence-electron chi connectivity index (χ3n) is 2.82. The molecule has 0 atom stereocenters. The molecule has 4 nitrogen and oxygen atoms in total. The first-order valence-corrected chi connectivity index (χ1v) is 5.39. The van der Waals surface area contributed by atoms with Gasteiger partial charge >= 0.3 is 0 Å². The molecular formula is C13H11N3O. The predicted molar refractivity (Wildman–Crippen MR) is 66.7 cm³/mol. The van der Waals surface area contributed by atoms with Gasteiger partial charge in [0.25, 0.3) is 5.91 Å². The number of fused-ring (bicyclic) bond motifs is 2. The molecule has 0 saturated carbocycles. The largest absolute Gasteiger partial charge is 0.338 e. The van der Waals surface area contributed by atoms with Crippen molar-refractivity contribution in [2.45, 2.75) is 6.92 Å². The van der Waals surface area contributed by atoms with Gasteiger partial charge in [0.1, 0.15) is 0 Å². The van der Waals surface area contributed by atoms with E-state index in [9.17, 15) is 4.79 Å². The summed E-state index contributed by atoms with van der Waals surface area (Å²) in [5.74, 6) is 0.567. The summed E-state index contributed by atoms with van der Waals surface area (Å²) in [7, 11) is 0. The molecule has 4 heteroatoms. The molecular weight excluding hydrogens is 214 g/mol. The summed E-state index contributed by atoms with van der Waals surface area (Å²) < 4.78 is 0. The fourth-order valence-electron chi connectivity index (χ4n) is 1.94. The SMILES string of the molecule is Cc1cccc2c1Nc1ncccc1NC2=O. The Morgan fingerprint density at radius 2 is 2.00 bits per heavy atom. The molecule has 0 radical (unpaired) electrons. The molecule has 1 aliphatic rings. The Hall–Kier alpha value is -2.36. The Morgan fingerprint density at radius 3 is 2.88 bits per heavy atom. The van der Waals surface area contributed by atoms with E-state index in [1.807, 2.05) is 25.1 Å². The number of nitrogens with zero attached hydrogens (tertiary/aromatic N) is 1. The van der Waals surface area contributed by atoms with Crippen molar-refractivity contribution in [1.29, 1.82) is 0 Å². The van der Waals surface area contributed by atoms with Crippen molar-refractivity contribution in [1.82, 2.24) is 4.98 Å². The number of anilines is 3. The Morgan fingerprint density at radius 1 is 1.12 bits per heavy atom. The van der Waals surface area contributed by atoms with E-state index in [1.165, 1.54) is 0 Å². The molecule has 0 saturated heterocycles. The maximum absolute atomic E-state index is 12.0. The third-order valence-corrected chi connectivity index (χ3v) is 2.82. The molecule has 84 valence electrons. The van der Waals surface area contributed by atoms with Crippen LogP contribution >= 0.6 is 0 Å². The Balaban J connectivity index is 2.22. The zero-order chi connectivity index (χ0) is 11.8. The molecule has 0 unspecified atom stereocenters. The normalized spacial score (nSPS) is 12.9. The van der Waals surface area contributed by atoms with Crippen LogP contribution in [-0.2, 0) is 0 Å². The highest BCUT2D eigenvalue weighted by Gasteiger charge is 2.20. The fraction of sp³-hybridized carbons (Fsp3) is 0.0769. The lowest BCUT2D eigenvalue weighted by atomic mass is 10.1. The highest BCUT2D eigenvalue weighted by Crippen LogP contribution is 2.31. The van der Waals surface area contributed by atoms with E-state index in [0.717, 1.165) is 11.3 Å². The molecule has 2 N–H and O–H groups in total. The maximum Gasteiger partial charge on any atom is 0.257 e. The summed E-state index contributed by atoms with van der Waals surface area (Å²) >= 11 is 0. The second-order valence-electron chi connectivity index (χ2n) is 3.98. The van der Waals surface area contributed by atoms with Crippen LogP contribution in [0.2, 0.25) is 0 Å². The number of benzene rings is 1. The van der Waals surface area contributed by atoms with E-state index in [-0.39, 0.29) is 5.91 Å². The quantitative estimate of drug-likeness (QED) is 0.724. The van der Waals surface area contributed by atoms with Crippen molar-refractivity contribution in [3.8, 4) is 0 Å². The van der Waals surface area contributed by atoms with Gasteiger partial charge < -0.3 is 10.6 Å². The molecule has 0 aliphatic carbocycles. The first kappa shape index (κ1) is 9.84. The van der Waals surface area contributed by atoms with Crippen molar-refractivity contribution < 1.29 is 4.79 Å². The minimum absolute atomic E-state index is 0.108. The molecule has 0 spiro atoms. The zero-order valence-electron chi connectivity index (χ0n) is 9.32. The summed E-state index contributed by atoms with van der Waals surface area (Å²) in [6.07, 6.45) is 1.70. The Labute approximate surface area is 98.7 Å². The molecule has 17 heavy (non-hydrogen) atoms. The summed E-state index contributed by atoms with van der Waals surface area (Å²) in [6, 6.07) is 9.26. The molecule has 1 amide bonds. The van der Waals surface area contributed by atoms with Crippen molar-refractivity contribution in [3.63, 3.8) is 0 Å². The molecule has 2 heterocycles. The number of aryl methyl sites for hydroxylation is 1. The predicted octanol–water partition coefficient (Wildman–Crippen LogP) is 2.70. The smallest absolute Gasteiger partial charge is 0.257 e. The highest BCUT2D eigenvalue weighted by atomic mass is 16.1. The monoisotopic (exact) mass is 225 g/mol. The van der Waals surface area contributed by atoms with Crippen LogP contribution in [0, 0.1) is 6.92 Å². The number of nitrogens with one attached hydrogen (secondary N) is 2. The minimum Gasteiger partial charge on any atom is -0.338 e. The van der Waals surface area contributed by atoms with Crippen LogP contribution in [0.5, 0.6) is 0 Å². The number of hydrogen-bond acceptors (Lipinski definition) is 3. The van der Waals surface area contributed by atoms with Crippen LogP contribution < -0.4 is 10.6 Å². The van der Waals surface area contributed by atoms with E-state index in [0.29, 0.717) is 17.1 Å². The second kappa shape index (κ2) is 3.59. The third kappa shape index (κ3) is 1.54. The lowest BCUT2D eigenvalue weighted by molar-refractivity contribution is 0.102. The average molecular weight is 225 g/mol. The number of hydrogen-bond donors (Lipinski definition) is 2. The summed E-state index contributed by atoms with van der Waals surface area (Å²) in [5.41, 5.74) is 3.19. The van der Waals surface area contributed by atoms with Gasteiger partial charge in [0.15, 0.2) is 5.82 Å². The molecule has 1 aromatic carbocycles. The standard InChI is InChI=1S/C13H11N3O/c1-8-4-2-5-9-11(8)16-12-10(15-13(9)17)6-3-7-14-12/h2-7H,1H3,(H,14,16)(H,15,17). The van der Waals surface area contributed by atoms with Crippen molar-refractivity contribution >= 4 is 23.1 Å². The van der Waals surface area contributed by atoms with Gasteiger partial charge in [-0.25, -0.2) is 4.98 Å². The number of para-hydroxylation sites is 1. The number of amides is 1. The van der Waals surface area contributed by atoms with Crippen LogP contribution in [0.25, 0.3) is 0 Å². The van der Waals surface area contributed by atoms with Gasteiger partial charge in [-0.05, 0) is 30.7 Å². The topological polar surface area (TPSA) is 54.0 Å². The number of pyridine rings is 1. The highest BCUT2D eigenvalue weighted by molar-refractivity contribution is 6.12. The van der Waals surface area contributed by atoms with Crippen LogP contribution in [0.1, 0.15) is 15.9 Å². The number of aromatic nitrogens is 1. The van der Waals surface area contributed by atoms with Gasteiger partial charge in [0.05, 0.1) is 16.9 Å². The van der Waals surface area contributed by atoms with E-state index in [1.54, 1.807) is 18.3 Å². The van der Waals surface area contributed by atoms with Crippen LogP contribution in [0.15, 0.2) is 36.5 Å². The zero-order valence-corrected chi connectivity index (χ0v) is 9.32. The van der Waals surface area contributed by atoms with Crippen molar-refractivity contribution in [3.05, 3.63) is 47.7 Å². The molecule has 3 rings (SSSR count). The molecule has 2 aromatic rings. The Bertz CT molecular complexity index is 607. The fourth-order valence-corrected chi connectivity index (χ4v) is 1.94. The van der Waals surface area contributed by atoms with E-state index < -0.39 is 0 Å². The van der Waals surface area contributed by atoms with Crippen LogP contribution in [0.3, 0.4) is 0 Å². The molecule has 0 fully saturated rings. The van der Waals surface area contributed by atoms with Gasteiger partial charge in [-0.3, -0.25) is 4.79 Å². The summed E-state index contributed by atoms with van der Waals surface area (Å²) in [6.45, 7) is 1.97. The first-order chi connectivity index (χ1) is 8.25. The minimum atomic E-state index is -0.108. The lowest BCUT2D eigenvalue weighted by Crippen LogP contribution is -2.10. The van der Waals surface area contributed by atoms with E-state index in [4.69, 9.17) is 0 Å². The molecule has 0 bridgehead atoms. The molecule has 1 aliphatic heterocycles. The van der Waals surface area contributed by atoms with Gasteiger partial charge in [-0.1, -0.05) is 12.1 Å². The van der Waals surface area contributed by atoms with Crippen LogP contribution in [0.4, 0.5) is 17.2 Å². The van der Waals surface area contributed by atoms with Gasteiger partial charge in [0, 0.05) is 6.20 Å². The van der Waals surface area contributed by atoms with Gasteiger partial charge in [0.2, 0.25) is 0 Å². The van der Waals surface area contributed by atoms with Gasteiger partial charge in [-0.2, -0.15) is 0 Å². The number of carbonyl (C=O) groups excluding carboxylic acids is 1. The maximum atomic E-state index is 12.0.